The van der Waals surface area contributed by atoms with Crippen LogP contribution in [0.5, 0.6) is 0 Å². The summed E-state index contributed by atoms with van der Waals surface area (Å²) in [5, 5.41) is 10.2. The number of epoxide rings is 1. The molecular weight excluding hydrogens is 324 g/mol. The Morgan fingerprint density at radius 3 is 2.88 bits per heavy atom. The van der Waals surface area contributed by atoms with Crippen LogP contribution < -0.4 is 0 Å². The van der Waals surface area contributed by atoms with Gasteiger partial charge in [0.25, 0.3) is 0 Å². The van der Waals surface area contributed by atoms with Gasteiger partial charge in [-0.1, -0.05) is 30.3 Å². The molecule has 5 atom stereocenters. The molecular formula is C19H24O6. The Kier molecular flexibility index (Phi) is 5.54. The van der Waals surface area contributed by atoms with Crippen LogP contribution in [-0.4, -0.2) is 48.2 Å². The van der Waals surface area contributed by atoms with E-state index in [2.05, 4.69) is 0 Å². The van der Waals surface area contributed by atoms with E-state index >= 15 is 0 Å². The van der Waals surface area contributed by atoms with Gasteiger partial charge in [0, 0.05) is 18.1 Å². The van der Waals surface area contributed by atoms with E-state index in [0.717, 1.165) is 5.56 Å². The first-order valence-corrected chi connectivity index (χ1v) is 8.55. The maximum absolute atomic E-state index is 11.4. The molecule has 0 unspecified atom stereocenters. The van der Waals surface area contributed by atoms with Gasteiger partial charge in [0.05, 0.1) is 25.4 Å². The van der Waals surface area contributed by atoms with Crippen molar-refractivity contribution < 1.29 is 28.8 Å². The first-order chi connectivity index (χ1) is 12.0. The average molecular weight is 348 g/mol. The van der Waals surface area contributed by atoms with Gasteiger partial charge in [0.15, 0.2) is 6.29 Å². The third-order valence-electron chi connectivity index (χ3n) is 4.48. The molecule has 1 aromatic carbocycles. The standard InChI is InChI=1S/C19H24O6/c1-3-22-17(21)9-10-19(2)16(25-19)11-15-14(20)12-23-18(24-15)13-7-5-4-6-8-13/h4-10,14-16,18,20H,3,11-12H2,1-2H3/b10-9+/t14-,15+,16-,18-,19-/m1/s1. The molecule has 25 heavy (non-hydrogen) atoms. The molecule has 2 fully saturated rings. The molecule has 0 spiro atoms. The van der Waals surface area contributed by atoms with Crippen LogP contribution in [0, 0.1) is 0 Å². The predicted molar refractivity (Wildman–Crippen MR) is 89.7 cm³/mol. The largest absolute Gasteiger partial charge is 0.463 e. The number of hydrogen-bond acceptors (Lipinski definition) is 6. The highest BCUT2D eigenvalue weighted by atomic mass is 16.7. The fraction of sp³-hybridized carbons (Fsp3) is 0.526. The predicted octanol–water partition coefficient (Wildman–Crippen LogP) is 2.13. The second-order valence-electron chi connectivity index (χ2n) is 6.43. The molecule has 0 aliphatic carbocycles. The number of ether oxygens (including phenoxy) is 4. The molecule has 6 heteroatoms. The molecule has 2 aliphatic heterocycles. The number of hydrogen-bond donors (Lipinski definition) is 1. The summed E-state index contributed by atoms with van der Waals surface area (Å²) >= 11 is 0. The van der Waals surface area contributed by atoms with Crippen molar-refractivity contribution in [2.75, 3.05) is 13.2 Å². The van der Waals surface area contributed by atoms with Gasteiger partial charge in [-0.3, -0.25) is 0 Å². The second-order valence-corrected chi connectivity index (χ2v) is 6.43. The zero-order valence-electron chi connectivity index (χ0n) is 14.5. The Labute approximate surface area is 147 Å². The summed E-state index contributed by atoms with van der Waals surface area (Å²) in [7, 11) is 0. The van der Waals surface area contributed by atoms with Crippen molar-refractivity contribution in [2.24, 2.45) is 0 Å². The number of carbonyl (C=O) groups excluding carboxylic acids is 1. The van der Waals surface area contributed by atoms with Crippen LogP contribution in [0.2, 0.25) is 0 Å². The smallest absolute Gasteiger partial charge is 0.330 e. The summed E-state index contributed by atoms with van der Waals surface area (Å²) in [6.07, 6.45) is 1.91. The number of esters is 1. The average Bonchev–Trinajstić information content (AvgIpc) is 3.26. The highest BCUT2D eigenvalue weighted by molar-refractivity contribution is 5.82. The lowest BCUT2D eigenvalue weighted by Gasteiger charge is -2.34. The van der Waals surface area contributed by atoms with Crippen LogP contribution in [0.4, 0.5) is 0 Å². The molecule has 1 N–H and O–H groups in total. The summed E-state index contributed by atoms with van der Waals surface area (Å²) in [6.45, 7) is 4.21. The van der Waals surface area contributed by atoms with Gasteiger partial charge in [0.2, 0.25) is 0 Å². The van der Waals surface area contributed by atoms with Crippen LogP contribution in [-0.2, 0) is 23.7 Å². The molecule has 0 bridgehead atoms. The Bertz CT molecular complexity index is 616. The molecule has 2 saturated heterocycles. The number of carbonyl (C=O) groups is 1. The normalized spacial score (nSPS) is 34.8. The fourth-order valence-corrected chi connectivity index (χ4v) is 2.92. The third kappa shape index (κ3) is 4.46. The SMILES string of the molecule is CCOC(=O)/C=C/[C@@]1(C)O[C@@H]1C[C@@H]1O[C@H](c2ccccc2)OC[C@H]1O. The molecule has 0 aromatic heterocycles. The van der Waals surface area contributed by atoms with Crippen molar-refractivity contribution >= 4 is 5.97 Å². The van der Waals surface area contributed by atoms with Crippen molar-refractivity contribution in [3.63, 3.8) is 0 Å². The first kappa shape index (κ1) is 18.1. The highest BCUT2D eigenvalue weighted by Crippen LogP contribution is 2.42. The van der Waals surface area contributed by atoms with Crippen LogP contribution in [0.25, 0.3) is 0 Å². The lowest BCUT2D eigenvalue weighted by atomic mass is 9.99. The van der Waals surface area contributed by atoms with E-state index < -0.39 is 18.0 Å². The molecule has 0 radical (unpaired) electrons. The van der Waals surface area contributed by atoms with Gasteiger partial charge in [-0.2, -0.15) is 0 Å². The zero-order valence-corrected chi connectivity index (χ0v) is 14.5. The Morgan fingerprint density at radius 1 is 1.40 bits per heavy atom. The molecule has 1 aromatic rings. The topological polar surface area (TPSA) is 77.5 Å². The Balaban J connectivity index is 1.56. The lowest BCUT2D eigenvalue weighted by molar-refractivity contribution is -0.258. The van der Waals surface area contributed by atoms with Gasteiger partial charge >= 0.3 is 5.97 Å². The van der Waals surface area contributed by atoms with E-state index in [1.807, 2.05) is 37.3 Å². The highest BCUT2D eigenvalue weighted by Gasteiger charge is 2.52. The Morgan fingerprint density at radius 2 is 2.16 bits per heavy atom. The van der Waals surface area contributed by atoms with Gasteiger partial charge in [-0.15, -0.1) is 0 Å². The van der Waals surface area contributed by atoms with Crippen LogP contribution >= 0.6 is 0 Å². The quantitative estimate of drug-likeness (QED) is 0.482. The van der Waals surface area contributed by atoms with Crippen molar-refractivity contribution in [2.45, 2.75) is 50.5 Å². The zero-order chi connectivity index (χ0) is 17.9. The number of benzene rings is 1. The molecule has 6 nitrogen and oxygen atoms in total. The van der Waals surface area contributed by atoms with Crippen molar-refractivity contribution in [1.82, 2.24) is 0 Å². The lowest BCUT2D eigenvalue weighted by Crippen LogP contribution is -2.41. The van der Waals surface area contributed by atoms with Crippen LogP contribution in [0.1, 0.15) is 32.1 Å². The number of aliphatic hydroxyl groups is 1. The molecule has 0 amide bonds. The summed E-state index contributed by atoms with van der Waals surface area (Å²) in [6, 6.07) is 9.63. The maximum Gasteiger partial charge on any atom is 0.330 e. The maximum atomic E-state index is 11.4. The van der Waals surface area contributed by atoms with Gasteiger partial charge < -0.3 is 24.1 Å². The second kappa shape index (κ2) is 7.66. The number of rotatable bonds is 6. The van der Waals surface area contributed by atoms with E-state index in [-0.39, 0.29) is 24.8 Å². The van der Waals surface area contributed by atoms with Crippen molar-refractivity contribution in [3.8, 4) is 0 Å². The minimum atomic E-state index is -0.706. The van der Waals surface area contributed by atoms with E-state index in [4.69, 9.17) is 18.9 Å². The minimum Gasteiger partial charge on any atom is -0.463 e. The summed E-state index contributed by atoms with van der Waals surface area (Å²) < 4.78 is 22.1. The Hall–Kier alpha value is -1.73. The molecule has 2 heterocycles. The van der Waals surface area contributed by atoms with Gasteiger partial charge in [0.1, 0.15) is 11.7 Å². The summed E-state index contributed by atoms with van der Waals surface area (Å²) in [5.41, 5.74) is 0.386. The molecule has 2 aliphatic rings. The molecule has 3 rings (SSSR count). The summed E-state index contributed by atoms with van der Waals surface area (Å²) in [5.74, 6) is -0.385. The van der Waals surface area contributed by atoms with Crippen LogP contribution in [0.3, 0.4) is 0 Å². The van der Waals surface area contributed by atoms with E-state index in [9.17, 15) is 9.90 Å². The van der Waals surface area contributed by atoms with E-state index in [1.165, 1.54) is 6.08 Å². The van der Waals surface area contributed by atoms with Crippen molar-refractivity contribution in [1.29, 1.82) is 0 Å². The van der Waals surface area contributed by atoms with E-state index in [0.29, 0.717) is 13.0 Å². The monoisotopic (exact) mass is 348 g/mol. The summed E-state index contributed by atoms with van der Waals surface area (Å²) in [4.78, 5) is 11.4. The van der Waals surface area contributed by atoms with E-state index in [1.54, 1.807) is 13.0 Å². The van der Waals surface area contributed by atoms with Crippen molar-refractivity contribution in [3.05, 3.63) is 48.0 Å². The number of aliphatic hydroxyl groups excluding tert-OH is 1. The fourth-order valence-electron chi connectivity index (χ4n) is 2.92. The first-order valence-electron chi connectivity index (χ1n) is 8.55. The van der Waals surface area contributed by atoms with Crippen LogP contribution in [0.15, 0.2) is 42.5 Å². The minimum absolute atomic E-state index is 0.118. The third-order valence-corrected chi connectivity index (χ3v) is 4.48. The van der Waals surface area contributed by atoms with Gasteiger partial charge in [-0.25, -0.2) is 4.79 Å². The van der Waals surface area contributed by atoms with Gasteiger partial charge in [-0.05, 0) is 19.9 Å². The molecule has 0 saturated carbocycles. The molecule has 136 valence electrons.